The van der Waals surface area contributed by atoms with Crippen LogP contribution in [-0.2, 0) is 9.59 Å². The fraction of sp³-hybridized carbons (Fsp3) is 0.429. The fourth-order valence-corrected chi connectivity index (χ4v) is 2.63. The van der Waals surface area contributed by atoms with E-state index in [1.807, 2.05) is 0 Å². The summed E-state index contributed by atoms with van der Waals surface area (Å²) in [5, 5.41) is 13.5. The monoisotopic (exact) mass is 325 g/mol. The summed E-state index contributed by atoms with van der Waals surface area (Å²) >= 11 is 5.95. The molecule has 118 valence electrons. The fourth-order valence-electron chi connectivity index (χ4n) is 2.41. The number of halogens is 1. The Kier molecular flexibility index (Phi) is 4.97. The van der Waals surface area contributed by atoms with E-state index in [1.54, 1.807) is 4.90 Å². The summed E-state index contributed by atoms with van der Waals surface area (Å²) in [5.74, 6) is -0.363. The average Bonchev–Trinajstić information content (AvgIpc) is 2.49. The summed E-state index contributed by atoms with van der Waals surface area (Å²) in [6, 6.07) is 3.92. The number of piperidine rings is 1. The summed E-state index contributed by atoms with van der Waals surface area (Å²) in [7, 11) is 0. The Morgan fingerprint density at radius 2 is 2.00 bits per heavy atom. The van der Waals surface area contributed by atoms with Crippen molar-refractivity contribution in [3.63, 3.8) is 0 Å². The third-order valence-electron chi connectivity index (χ3n) is 3.73. The number of hydrogen-bond acceptors (Lipinski definition) is 4. The molecule has 2 rings (SSSR count). The molecule has 1 N–H and O–H groups in total. The molecule has 1 heterocycles. The van der Waals surface area contributed by atoms with Crippen LogP contribution in [0.4, 0.5) is 11.4 Å². The predicted octanol–water partition coefficient (Wildman–Crippen LogP) is 2.45. The highest BCUT2D eigenvalue weighted by Crippen LogP contribution is 2.28. The third-order valence-corrected chi connectivity index (χ3v) is 4.05. The first-order chi connectivity index (χ1) is 10.4. The van der Waals surface area contributed by atoms with Gasteiger partial charge in [-0.3, -0.25) is 19.7 Å². The number of nitro benzene ring substituents is 1. The van der Waals surface area contributed by atoms with Crippen LogP contribution in [0.2, 0.25) is 5.02 Å². The van der Waals surface area contributed by atoms with Gasteiger partial charge in [0.15, 0.2) is 0 Å². The van der Waals surface area contributed by atoms with E-state index in [-0.39, 0.29) is 28.4 Å². The molecule has 8 heteroatoms. The zero-order valence-corrected chi connectivity index (χ0v) is 12.8. The molecule has 7 nitrogen and oxygen atoms in total. The zero-order chi connectivity index (χ0) is 16.3. The molecule has 1 aliphatic rings. The number of anilines is 1. The Bertz CT molecular complexity index is 612. The van der Waals surface area contributed by atoms with Gasteiger partial charge in [-0.05, 0) is 18.9 Å². The van der Waals surface area contributed by atoms with Gasteiger partial charge in [0.2, 0.25) is 11.8 Å². The maximum absolute atomic E-state index is 12.2. The molecule has 1 fully saturated rings. The van der Waals surface area contributed by atoms with Gasteiger partial charge in [-0.2, -0.15) is 0 Å². The SMILES string of the molecule is CC(=O)N1CCC(C(=O)Nc2ccc([N+](=O)[O-])cc2Cl)CC1. The van der Waals surface area contributed by atoms with E-state index >= 15 is 0 Å². The molecule has 0 unspecified atom stereocenters. The van der Waals surface area contributed by atoms with Gasteiger partial charge in [-0.1, -0.05) is 11.6 Å². The van der Waals surface area contributed by atoms with Gasteiger partial charge in [0.05, 0.1) is 15.6 Å². The number of amides is 2. The number of carbonyl (C=O) groups is 2. The largest absolute Gasteiger partial charge is 0.343 e. The molecular formula is C14H16ClN3O4. The summed E-state index contributed by atoms with van der Waals surface area (Å²) in [6.07, 6.45) is 1.19. The molecule has 1 aromatic rings. The van der Waals surface area contributed by atoms with Crippen molar-refractivity contribution in [2.24, 2.45) is 5.92 Å². The van der Waals surface area contributed by atoms with Crippen LogP contribution in [-0.4, -0.2) is 34.7 Å². The zero-order valence-electron chi connectivity index (χ0n) is 12.0. The van der Waals surface area contributed by atoms with Crippen molar-refractivity contribution >= 4 is 34.8 Å². The third kappa shape index (κ3) is 3.73. The molecule has 0 spiro atoms. The Hall–Kier alpha value is -2.15. The lowest BCUT2D eigenvalue weighted by Gasteiger charge is -2.30. The van der Waals surface area contributed by atoms with Crippen LogP contribution in [0.15, 0.2) is 18.2 Å². The quantitative estimate of drug-likeness (QED) is 0.682. The number of non-ortho nitro benzene ring substituents is 1. The lowest BCUT2D eigenvalue weighted by Crippen LogP contribution is -2.40. The molecule has 1 saturated heterocycles. The lowest BCUT2D eigenvalue weighted by atomic mass is 9.96. The van der Waals surface area contributed by atoms with E-state index < -0.39 is 4.92 Å². The van der Waals surface area contributed by atoms with E-state index in [0.717, 1.165) is 0 Å². The van der Waals surface area contributed by atoms with E-state index in [0.29, 0.717) is 31.6 Å². The summed E-state index contributed by atoms with van der Waals surface area (Å²) in [6.45, 7) is 2.62. The van der Waals surface area contributed by atoms with Crippen LogP contribution in [0.5, 0.6) is 0 Å². The topological polar surface area (TPSA) is 92.6 Å². The van der Waals surface area contributed by atoms with E-state index in [4.69, 9.17) is 11.6 Å². The first-order valence-electron chi connectivity index (χ1n) is 6.89. The predicted molar refractivity (Wildman–Crippen MR) is 81.7 cm³/mol. The molecule has 0 saturated carbocycles. The summed E-state index contributed by atoms with van der Waals surface area (Å²) in [4.78, 5) is 35.3. The molecular weight excluding hydrogens is 310 g/mol. The Morgan fingerprint density at radius 3 is 2.50 bits per heavy atom. The molecule has 2 amide bonds. The van der Waals surface area contributed by atoms with Crippen molar-refractivity contribution in [3.05, 3.63) is 33.3 Å². The van der Waals surface area contributed by atoms with Crippen LogP contribution in [0.25, 0.3) is 0 Å². The second-order valence-corrected chi connectivity index (χ2v) is 5.60. The number of nitrogens with one attached hydrogen (secondary N) is 1. The highest BCUT2D eigenvalue weighted by atomic mass is 35.5. The van der Waals surface area contributed by atoms with Crippen molar-refractivity contribution in [3.8, 4) is 0 Å². The second-order valence-electron chi connectivity index (χ2n) is 5.19. The Morgan fingerprint density at radius 1 is 1.36 bits per heavy atom. The normalized spacial score (nSPS) is 15.5. The minimum absolute atomic E-state index is 0.0114. The molecule has 0 bridgehead atoms. The average molecular weight is 326 g/mol. The van der Waals surface area contributed by atoms with Crippen molar-refractivity contribution in [1.29, 1.82) is 0 Å². The van der Waals surface area contributed by atoms with Gasteiger partial charge in [0.1, 0.15) is 0 Å². The van der Waals surface area contributed by atoms with Crippen molar-refractivity contribution in [2.45, 2.75) is 19.8 Å². The first-order valence-corrected chi connectivity index (χ1v) is 7.26. The van der Waals surface area contributed by atoms with Crippen LogP contribution < -0.4 is 5.32 Å². The van der Waals surface area contributed by atoms with Gasteiger partial charge in [0.25, 0.3) is 5.69 Å². The minimum atomic E-state index is -0.547. The van der Waals surface area contributed by atoms with Crippen LogP contribution in [0.1, 0.15) is 19.8 Å². The highest BCUT2D eigenvalue weighted by Gasteiger charge is 2.26. The van der Waals surface area contributed by atoms with Gasteiger partial charge in [-0.15, -0.1) is 0 Å². The number of hydrogen-bond donors (Lipinski definition) is 1. The summed E-state index contributed by atoms with van der Waals surface area (Å²) in [5.41, 5.74) is 0.226. The van der Waals surface area contributed by atoms with Gasteiger partial charge < -0.3 is 10.2 Å². The standard InChI is InChI=1S/C14H16ClN3O4/c1-9(19)17-6-4-10(5-7-17)14(20)16-13-3-2-11(18(21)22)8-12(13)15/h2-3,8,10H,4-7H2,1H3,(H,16,20). The first kappa shape index (κ1) is 16.2. The van der Waals surface area contributed by atoms with E-state index in [1.165, 1.54) is 25.1 Å². The van der Waals surface area contributed by atoms with Gasteiger partial charge in [0, 0.05) is 38.1 Å². The Balaban J connectivity index is 1.98. The molecule has 0 aromatic heterocycles. The maximum Gasteiger partial charge on any atom is 0.271 e. The van der Waals surface area contributed by atoms with Gasteiger partial charge >= 0.3 is 0 Å². The molecule has 0 radical (unpaired) electrons. The molecule has 1 aliphatic heterocycles. The smallest absolute Gasteiger partial charge is 0.271 e. The van der Waals surface area contributed by atoms with Crippen molar-refractivity contribution in [2.75, 3.05) is 18.4 Å². The van der Waals surface area contributed by atoms with Crippen molar-refractivity contribution in [1.82, 2.24) is 4.90 Å². The van der Waals surface area contributed by atoms with Crippen molar-refractivity contribution < 1.29 is 14.5 Å². The number of nitrogens with zero attached hydrogens (tertiary/aromatic N) is 2. The summed E-state index contributed by atoms with van der Waals surface area (Å²) < 4.78 is 0. The second kappa shape index (κ2) is 6.74. The number of nitro groups is 1. The molecule has 22 heavy (non-hydrogen) atoms. The van der Waals surface area contributed by atoms with Crippen LogP contribution >= 0.6 is 11.6 Å². The number of carbonyl (C=O) groups excluding carboxylic acids is 2. The number of likely N-dealkylation sites (tertiary alicyclic amines) is 1. The molecule has 1 aromatic carbocycles. The lowest BCUT2D eigenvalue weighted by molar-refractivity contribution is -0.384. The molecule has 0 aliphatic carbocycles. The maximum atomic E-state index is 12.2. The van der Waals surface area contributed by atoms with E-state index in [9.17, 15) is 19.7 Å². The van der Waals surface area contributed by atoms with Crippen LogP contribution in [0.3, 0.4) is 0 Å². The minimum Gasteiger partial charge on any atom is -0.343 e. The number of benzene rings is 1. The Labute approximate surface area is 132 Å². The van der Waals surface area contributed by atoms with E-state index in [2.05, 4.69) is 5.32 Å². The highest BCUT2D eigenvalue weighted by molar-refractivity contribution is 6.34. The van der Waals surface area contributed by atoms with Crippen LogP contribution in [0, 0.1) is 16.0 Å². The molecule has 0 atom stereocenters. The van der Waals surface area contributed by atoms with Gasteiger partial charge in [-0.25, -0.2) is 0 Å². The number of rotatable bonds is 3.